The Morgan fingerprint density at radius 1 is 0.931 bits per heavy atom. The Hall–Kier alpha value is -3.67. The highest BCUT2D eigenvalue weighted by atomic mass is 16.2. The van der Waals surface area contributed by atoms with Crippen molar-refractivity contribution in [1.29, 1.82) is 0 Å². The maximum absolute atomic E-state index is 12.5. The molecule has 3 rings (SSSR count). The molecule has 0 saturated carbocycles. The van der Waals surface area contributed by atoms with Gasteiger partial charge in [0, 0.05) is 30.5 Å². The van der Waals surface area contributed by atoms with E-state index in [9.17, 15) is 9.59 Å². The number of rotatable bonds is 6. The van der Waals surface area contributed by atoms with Gasteiger partial charge in [-0.2, -0.15) is 0 Å². The van der Waals surface area contributed by atoms with Crippen LogP contribution in [0.2, 0.25) is 0 Å². The normalized spacial score (nSPS) is 10.3. The third kappa shape index (κ3) is 5.19. The molecule has 0 radical (unpaired) electrons. The summed E-state index contributed by atoms with van der Waals surface area (Å²) in [6.45, 7) is 6.36. The highest BCUT2D eigenvalue weighted by Gasteiger charge is 2.12. The summed E-state index contributed by atoms with van der Waals surface area (Å²) in [7, 11) is 0. The van der Waals surface area contributed by atoms with E-state index in [1.807, 2.05) is 12.1 Å². The quantitative estimate of drug-likeness (QED) is 0.638. The number of hydrogen-bond donors (Lipinski definition) is 2. The molecule has 0 aliphatic rings. The lowest BCUT2D eigenvalue weighted by Crippen LogP contribution is -2.18. The van der Waals surface area contributed by atoms with E-state index in [1.54, 1.807) is 36.5 Å². The van der Waals surface area contributed by atoms with Gasteiger partial charge >= 0.3 is 0 Å². The summed E-state index contributed by atoms with van der Waals surface area (Å²) in [6, 6.07) is 18.8. The van der Waals surface area contributed by atoms with Crippen LogP contribution in [0.3, 0.4) is 0 Å². The number of benzene rings is 2. The number of hydrogen-bond acceptors (Lipinski definition) is 4. The molecule has 6 nitrogen and oxygen atoms in total. The lowest BCUT2D eigenvalue weighted by molar-refractivity contribution is -0.114. The van der Waals surface area contributed by atoms with E-state index in [2.05, 4.69) is 52.6 Å². The first kappa shape index (κ1) is 20.1. The van der Waals surface area contributed by atoms with Gasteiger partial charge in [0.05, 0.1) is 11.9 Å². The lowest BCUT2D eigenvalue weighted by atomic mass is 10.2. The number of carbonyl (C=O) groups is 2. The number of aromatic nitrogens is 1. The van der Waals surface area contributed by atoms with E-state index >= 15 is 0 Å². The summed E-state index contributed by atoms with van der Waals surface area (Å²) in [6.07, 6.45) is 1.70. The summed E-state index contributed by atoms with van der Waals surface area (Å²) in [5.41, 5.74) is 4.71. The van der Waals surface area contributed by atoms with Crippen molar-refractivity contribution in [2.45, 2.75) is 20.8 Å². The van der Waals surface area contributed by atoms with Crippen molar-refractivity contribution >= 4 is 34.6 Å². The second kappa shape index (κ2) is 9.01. The van der Waals surface area contributed by atoms with Crippen LogP contribution in [0, 0.1) is 6.92 Å². The molecule has 0 bridgehead atoms. The number of amides is 2. The molecule has 6 heteroatoms. The van der Waals surface area contributed by atoms with E-state index in [4.69, 9.17) is 0 Å². The Bertz CT molecular complexity index is 1020. The predicted molar refractivity (Wildman–Crippen MR) is 117 cm³/mol. The first-order chi connectivity index (χ1) is 14.0. The van der Waals surface area contributed by atoms with Gasteiger partial charge in [0.15, 0.2) is 0 Å². The molecule has 1 aromatic heterocycles. The monoisotopic (exact) mass is 388 g/mol. The van der Waals surface area contributed by atoms with Crippen LogP contribution < -0.4 is 15.5 Å². The van der Waals surface area contributed by atoms with Crippen molar-refractivity contribution in [3.05, 3.63) is 78.1 Å². The zero-order valence-electron chi connectivity index (χ0n) is 16.8. The number of anilines is 4. The average molecular weight is 388 g/mol. The predicted octanol–water partition coefficient (Wildman–Crippen LogP) is 4.76. The molecule has 0 spiro atoms. The molecule has 0 saturated heterocycles. The summed E-state index contributed by atoms with van der Waals surface area (Å²) >= 11 is 0. The number of aryl methyl sites for hydroxylation is 1. The number of carbonyl (C=O) groups excluding carboxylic acids is 2. The van der Waals surface area contributed by atoms with Gasteiger partial charge < -0.3 is 15.5 Å². The van der Waals surface area contributed by atoms with E-state index < -0.39 is 0 Å². The average Bonchev–Trinajstić information content (AvgIpc) is 2.69. The summed E-state index contributed by atoms with van der Waals surface area (Å²) in [4.78, 5) is 30.2. The van der Waals surface area contributed by atoms with E-state index in [1.165, 1.54) is 12.5 Å². The van der Waals surface area contributed by atoms with Gasteiger partial charge in [-0.1, -0.05) is 18.2 Å². The molecule has 0 fully saturated rings. The first-order valence-corrected chi connectivity index (χ1v) is 9.45. The van der Waals surface area contributed by atoms with E-state index in [-0.39, 0.29) is 11.8 Å². The second-order valence-electron chi connectivity index (χ2n) is 6.70. The summed E-state index contributed by atoms with van der Waals surface area (Å²) in [5.74, 6) is -0.477. The highest BCUT2D eigenvalue weighted by molar-refractivity contribution is 6.03. The molecule has 0 unspecified atom stereocenters. The van der Waals surface area contributed by atoms with Crippen molar-refractivity contribution in [3.63, 3.8) is 0 Å². The van der Waals surface area contributed by atoms with Gasteiger partial charge in [-0.3, -0.25) is 9.59 Å². The van der Waals surface area contributed by atoms with Crippen LogP contribution >= 0.6 is 0 Å². The largest absolute Gasteiger partial charge is 0.341 e. The van der Waals surface area contributed by atoms with Gasteiger partial charge in [0.25, 0.3) is 5.91 Å². The number of nitrogens with zero attached hydrogens (tertiary/aromatic N) is 2. The Morgan fingerprint density at radius 2 is 1.66 bits per heavy atom. The minimum absolute atomic E-state index is 0.167. The fourth-order valence-corrected chi connectivity index (χ4v) is 3.06. The SMILES string of the molecule is CCN(c1ccc(C(=O)Nc2cccc(NC(C)=O)c2)nc1)c1cccc(C)c1. The van der Waals surface area contributed by atoms with Crippen molar-refractivity contribution < 1.29 is 9.59 Å². The maximum atomic E-state index is 12.5. The minimum atomic E-state index is -0.310. The molecule has 2 amide bonds. The zero-order valence-corrected chi connectivity index (χ0v) is 16.8. The Balaban J connectivity index is 1.74. The standard InChI is InChI=1S/C23H24N4O2/c1-4-27(20-10-5-7-16(2)13-20)21-11-12-22(24-15-21)23(29)26-19-9-6-8-18(14-19)25-17(3)28/h5-15H,4H2,1-3H3,(H,25,28)(H,26,29). The topological polar surface area (TPSA) is 74.3 Å². The van der Waals surface area contributed by atoms with E-state index in [0.29, 0.717) is 17.1 Å². The molecule has 2 aromatic carbocycles. The van der Waals surface area contributed by atoms with Crippen LogP contribution in [0.15, 0.2) is 66.9 Å². The van der Waals surface area contributed by atoms with Crippen molar-refractivity contribution in [2.24, 2.45) is 0 Å². The fraction of sp³-hybridized carbons (Fsp3) is 0.174. The molecule has 2 N–H and O–H groups in total. The summed E-state index contributed by atoms with van der Waals surface area (Å²) in [5, 5.41) is 5.50. The van der Waals surface area contributed by atoms with Gasteiger partial charge in [-0.15, -0.1) is 0 Å². The second-order valence-corrected chi connectivity index (χ2v) is 6.70. The molecule has 0 aliphatic heterocycles. The van der Waals surface area contributed by atoms with Crippen LogP contribution in [0.5, 0.6) is 0 Å². The smallest absolute Gasteiger partial charge is 0.274 e. The van der Waals surface area contributed by atoms with Gasteiger partial charge in [0.2, 0.25) is 5.91 Å². The number of pyridine rings is 1. The molecule has 3 aromatic rings. The van der Waals surface area contributed by atoms with Gasteiger partial charge in [-0.05, 0) is 61.9 Å². The third-order valence-electron chi connectivity index (χ3n) is 4.36. The van der Waals surface area contributed by atoms with Crippen molar-refractivity contribution in [2.75, 3.05) is 22.1 Å². The molecule has 1 heterocycles. The minimum Gasteiger partial charge on any atom is -0.341 e. The van der Waals surface area contributed by atoms with E-state index in [0.717, 1.165) is 17.9 Å². The van der Waals surface area contributed by atoms with Crippen LogP contribution in [0.1, 0.15) is 29.9 Å². The Kier molecular flexibility index (Phi) is 6.24. The number of nitrogens with one attached hydrogen (secondary N) is 2. The van der Waals surface area contributed by atoms with Crippen LogP contribution in [-0.2, 0) is 4.79 Å². The molecule has 29 heavy (non-hydrogen) atoms. The van der Waals surface area contributed by atoms with Crippen LogP contribution in [0.25, 0.3) is 0 Å². The third-order valence-corrected chi connectivity index (χ3v) is 4.36. The molecule has 148 valence electrons. The zero-order chi connectivity index (χ0) is 20.8. The van der Waals surface area contributed by atoms with Crippen molar-refractivity contribution in [1.82, 2.24) is 4.98 Å². The highest BCUT2D eigenvalue weighted by Crippen LogP contribution is 2.25. The molecular weight excluding hydrogens is 364 g/mol. The fourth-order valence-electron chi connectivity index (χ4n) is 3.06. The first-order valence-electron chi connectivity index (χ1n) is 9.45. The molecular formula is C23H24N4O2. The van der Waals surface area contributed by atoms with Crippen LogP contribution in [-0.4, -0.2) is 23.3 Å². The summed E-state index contributed by atoms with van der Waals surface area (Å²) < 4.78 is 0. The molecule has 0 atom stereocenters. The Morgan fingerprint density at radius 3 is 2.28 bits per heavy atom. The van der Waals surface area contributed by atoms with Crippen LogP contribution in [0.4, 0.5) is 22.7 Å². The molecule has 0 aliphatic carbocycles. The maximum Gasteiger partial charge on any atom is 0.274 e. The van der Waals surface area contributed by atoms with Crippen molar-refractivity contribution in [3.8, 4) is 0 Å². The van der Waals surface area contributed by atoms with Gasteiger partial charge in [0.1, 0.15) is 5.69 Å². The Labute approximate surface area is 170 Å². The lowest BCUT2D eigenvalue weighted by Gasteiger charge is -2.23. The van der Waals surface area contributed by atoms with Gasteiger partial charge in [-0.25, -0.2) is 4.98 Å².